The SMILES string of the molecule is CCC(O)[C@@H](O)[C@@H](O)C(O)C=O.CCC1O[C@H](O)C(O)[C@H](O)[C@@H]1O.CCCN.CCCN=CC(O)[C@H](O)[C@H](O)C(O)CC.CCCNCC(O)[C@H](O)[C@H](O)C(O)CC.O. The lowest BCUT2D eigenvalue weighted by Gasteiger charge is -2.37. The molecule has 0 aromatic carbocycles. The molecule has 360 valence electrons. The molecule has 0 radical (unpaired) electrons. The van der Waals surface area contributed by atoms with Crippen LogP contribution in [-0.4, -0.2) is 230 Å². The van der Waals surface area contributed by atoms with Gasteiger partial charge in [0.1, 0.15) is 67.1 Å². The maximum Gasteiger partial charge on any atom is 0.183 e. The van der Waals surface area contributed by atoms with Gasteiger partial charge in [-0.25, -0.2) is 0 Å². The van der Waals surface area contributed by atoms with Gasteiger partial charge in [0.15, 0.2) is 12.6 Å². The van der Waals surface area contributed by atoms with Crippen LogP contribution in [0.5, 0.6) is 0 Å². The van der Waals surface area contributed by atoms with E-state index in [1.54, 1.807) is 27.7 Å². The summed E-state index contributed by atoms with van der Waals surface area (Å²) in [5, 5.41) is 150. The predicted molar refractivity (Wildman–Crippen MR) is 218 cm³/mol. The Morgan fingerprint density at radius 2 is 1.00 bits per heavy atom. The van der Waals surface area contributed by atoms with Gasteiger partial charge in [-0.3, -0.25) is 4.99 Å². The number of aliphatic imine (C=N–C) groups is 1. The Hall–Kier alpha value is -1.46. The maximum atomic E-state index is 9.96. The molecular weight excluding hydrogens is 790 g/mol. The van der Waals surface area contributed by atoms with Crippen molar-refractivity contribution in [2.24, 2.45) is 10.7 Å². The van der Waals surface area contributed by atoms with Crippen LogP contribution in [-0.2, 0) is 9.53 Å². The van der Waals surface area contributed by atoms with Gasteiger partial charge in [0.25, 0.3) is 0 Å². The van der Waals surface area contributed by atoms with Gasteiger partial charge in [-0.1, -0.05) is 48.5 Å². The number of ether oxygens (including phenoxy) is 1. The summed E-state index contributed by atoms with van der Waals surface area (Å²) in [6.07, 6.45) is -16.0. The second kappa shape index (κ2) is 40.6. The maximum absolute atomic E-state index is 9.96. The number of aliphatic hydroxyl groups excluding tert-OH is 16. The summed E-state index contributed by atoms with van der Waals surface area (Å²) in [4.78, 5) is 13.8. The van der Waals surface area contributed by atoms with Crippen LogP contribution in [0.3, 0.4) is 0 Å². The number of nitrogens with one attached hydrogen (secondary N) is 1. The van der Waals surface area contributed by atoms with Crippen LogP contribution in [0.4, 0.5) is 0 Å². The molecule has 8 unspecified atom stereocenters. The van der Waals surface area contributed by atoms with Gasteiger partial charge in [0.05, 0.1) is 30.5 Å². The van der Waals surface area contributed by atoms with Crippen molar-refractivity contribution in [3.05, 3.63) is 0 Å². The molecule has 0 spiro atoms. The molecule has 0 bridgehead atoms. The van der Waals surface area contributed by atoms with Crippen molar-refractivity contribution in [3.63, 3.8) is 0 Å². The summed E-state index contributed by atoms with van der Waals surface area (Å²) < 4.78 is 4.83. The largest absolute Gasteiger partial charge is 0.412 e. The van der Waals surface area contributed by atoms with Crippen LogP contribution in [0.1, 0.15) is 93.4 Å². The monoisotopic (exact) mass is 874 g/mol. The van der Waals surface area contributed by atoms with Crippen molar-refractivity contribution >= 4 is 12.5 Å². The average molecular weight is 874 g/mol. The molecule has 59 heavy (non-hydrogen) atoms. The molecule has 1 fully saturated rings. The van der Waals surface area contributed by atoms with Gasteiger partial charge in [-0.15, -0.1) is 0 Å². The van der Waals surface area contributed by atoms with Gasteiger partial charge in [-0.2, -0.15) is 0 Å². The highest BCUT2D eigenvalue weighted by Gasteiger charge is 2.42. The summed E-state index contributed by atoms with van der Waals surface area (Å²) in [7, 11) is 0. The zero-order chi connectivity index (χ0) is 46.1. The predicted octanol–water partition coefficient (Wildman–Crippen LogP) is -6.07. The molecular formula is C37H83N3O19. The number of hydrogen-bond donors (Lipinski definition) is 18. The van der Waals surface area contributed by atoms with Crippen molar-refractivity contribution in [1.29, 1.82) is 0 Å². The number of carbonyl (C=O) groups excluding carboxylic acids is 1. The Bertz CT molecular complexity index is 945. The zero-order valence-corrected chi connectivity index (χ0v) is 35.7. The summed E-state index contributed by atoms with van der Waals surface area (Å²) in [6.45, 7) is 15.1. The molecule has 17 atom stereocenters. The van der Waals surface area contributed by atoms with Crippen molar-refractivity contribution in [2.45, 2.75) is 197 Å². The van der Waals surface area contributed by atoms with Crippen molar-refractivity contribution in [3.8, 4) is 0 Å². The standard InChI is InChI=1S/C10H23NO4.C10H21NO4.2C7H14O5.C3H9N.H2O/c2*1-3-5-11-6-8(13)10(15)9(14)7(12)4-2;1-2-3-4(8)5(9)6(10)7(11)12-3;1-2-4(9)6(11)7(12)5(10)3-8;1-2-3-4;/h7-15H,3-6H2,1-2H3;6-10,12-15H,3-5H2,1-2H3;3-11H,2H2,1H3;3-7,9-12H,2H2,1H3;2-4H2,1H3;1H2/t2*7?,8?,9-,10+;3?,4-,5-,6?,7+;4?,5?,6-,7+;;/m1111../s1. The first kappa shape index (κ1) is 66.6. The fraction of sp³-hybridized carbons (Fsp3) is 0.946. The fourth-order valence-electron chi connectivity index (χ4n) is 4.34. The van der Waals surface area contributed by atoms with E-state index in [-0.39, 0.29) is 24.7 Å². The Balaban J connectivity index is -0.000000212. The highest BCUT2D eigenvalue weighted by molar-refractivity contribution is 5.63. The molecule has 0 aliphatic carbocycles. The van der Waals surface area contributed by atoms with Crippen LogP contribution in [0, 0.1) is 0 Å². The Labute approximate surface area is 348 Å². The molecule has 0 aromatic heterocycles. The third-order valence-electron chi connectivity index (χ3n) is 8.49. The number of aldehydes is 1. The third-order valence-corrected chi connectivity index (χ3v) is 8.49. The quantitative estimate of drug-likeness (QED) is 0.0273. The van der Waals surface area contributed by atoms with Gasteiger partial charge in [0, 0.05) is 19.3 Å². The summed E-state index contributed by atoms with van der Waals surface area (Å²) in [5.41, 5.74) is 5.03. The second-order valence-electron chi connectivity index (χ2n) is 13.5. The van der Waals surface area contributed by atoms with Gasteiger partial charge < -0.3 is 108 Å². The number of nitrogens with zero attached hydrogens (tertiary/aromatic N) is 1. The highest BCUT2D eigenvalue weighted by atomic mass is 16.6. The first-order valence-electron chi connectivity index (χ1n) is 20.0. The van der Waals surface area contributed by atoms with E-state index < -0.39 is 104 Å². The van der Waals surface area contributed by atoms with Crippen LogP contribution >= 0.6 is 0 Å². The smallest absolute Gasteiger partial charge is 0.183 e. The van der Waals surface area contributed by atoms with E-state index in [4.69, 9.17) is 41.1 Å². The van der Waals surface area contributed by atoms with Crippen LogP contribution < -0.4 is 11.1 Å². The topological polar surface area (TPSA) is 432 Å². The number of carbonyl (C=O) groups is 1. The molecule has 1 aliphatic rings. The van der Waals surface area contributed by atoms with Gasteiger partial charge in [-0.05, 0) is 58.0 Å². The lowest BCUT2D eigenvalue weighted by Crippen LogP contribution is -2.57. The third kappa shape index (κ3) is 29.5. The van der Waals surface area contributed by atoms with Crippen molar-refractivity contribution in [2.75, 3.05) is 26.2 Å². The van der Waals surface area contributed by atoms with Crippen molar-refractivity contribution < 1.29 is 96.7 Å². The van der Waals surface area contributed by atoms with E-state index in [1.807, 2.05) is 13.8 Å². The van der Waals surface area contributed by atoms with Gasteiger partial charge in [0.2, 0.25) is 0 Å². The van der Waals surface area contributed by atoms with E-state index in [1.165, 1.54) is 6.21 Å². The van der Waals surface area contributed by atoms with E-state index in [9.17, 15) is 55.9 Å². The summed E-state index contributed by atoms with van der Waals surface area (Å²) >= 11 is 0. The molecule has 1 rings (SSSR count). The van der Waals surface area contributed by atoms with E-state index in [2.05, 4.69) is 17.2 Å². The van der Waals surface area contributed by atoms with Gasteiger partial charge >= 0.3 is 0 Å². The lowest BCUT2D eigenvalue weighted by molar-refractivity contribution is -0.281. The average Bonchev–Trinajstić information content (AvgIpc) is 3.24. The van der Waals surface area contributed by atoms with E-state index in [0.29, 0.717) is 25.8 Å². The normalized spacial score (nSPS) is 24.9. The fourth-order valence-corrected chi connectivity index (χ4v) is 4.34. The Morgan fingerprint density at radius 3 is 1.36 bits per heavy atom. The first-order chi connectivity index (χ1) is 27.1. The van der Waals surface area contributed by atoms with E-state index in [0.717, 1.165) is 32.4 Å². The number of hydrogen-bond acceptors (Lipinski definition) is 21. The van der Waals surface area contributed by atoms with Crippen LogP contribution in [0.2, 0.25) is 0 Å². The van der Waals surface area contributed by atoms with Crippen molar-refractivity contribution in [1.82, 2.24) is 5.32 Å². The Morgan fingerprint density at radius 1 is 0.593 bits per heavy atom. The highest BCUT2D eigenvalue weighted by Crippen LogP contribution is 2.21. The molecule has 0 amide bonds. The molecule has 0 aromatic rings. The van der Waals surface area contributed by atoms with Crippen LogP contribution in [0.25, 0.3) is 0 Å². The summed E-state index contributed by atoms with van der Waals surface area (Å²) in [6, 6.07) is 0. The lowest BCUT2D eigenvalue weighted by atomic mass is 9.97. The molecule has 22 nitrogen and oxygen atoms in total. The zero-order valence-electron chi connectivity index (χ0n) is 35.7. The minimum absolute atomic E-state index is 0. The molecule has 21 N–H and O–H groups in total. The number of nitrogens with two attached hydrogens (primary N) is 1. The Kier molecular flexibility index (Phi) is 45.9. The van der Waals surface area contributed by atoms with E-state index >= 15 is 0 Å². The second-order valence-corrected chi connectivity index (χ2v) is 13.5. The van der Waals surface area contributed by atoms with Crippen LogP contribution in [0.15, 0.2) is 4.99 Å². The molecule has 1 aliphatic heterocycles. The molecule has 22 heteroatoms. The molecule has 0 saturated carbocycles. The first-order valence-corrected chi connectivity index (χ1v) is 20.0. The molecule has 1 saturated heterocycles. The minimum Gasteiger partial charge on any atom is -0.412 e. The number of rotatable bonds is 22. The molecule has 1 heterocycles. The summed E-state index contributed by atoms with van der Waals surface area (Å²) in [5.74, 6) is 0. The minimum atomic E-state index is -1.65. The number of aliphatic hydroxyl groups is 16.